The third kappa shape index (κ3) is 2.58. The number of likely N-dealkylation sites (tertiary alicyclic amines) is 1. The Labute approximate surface area is 150 Å². The number of furan rings is 1. The zero-order valence-corrected chi connectivity index (χ0v) is 14.2. The van der Waals surface area contributed by atoms with Crippen molar-refractivity contribution in [3.05, 3.63) is 59.5 Å². The SMILES string of the molecule is O=C(c1cc(-c2ccco2)on1)N1CC[C@@H](c2ccc3c(c2)CCO3)C1. The van der Waals surface area contributed by atoms with Crippen molar-refractivity contribution in [2.75, 3.05) is 19.7 Å². The van der Waals surface area contributed by atoms with Crippen LogP contribution in [0.4, 0.5) is 0 Å². The normalized spacial score (nSPS) is 18.8. The van der Waals surface area contributed by atoms with Gasteiger partial charge in [0.1, 0.15) is 5.75 Å². The standard InChI is InChI=1S/C20H18N2O4/c23-20(16-11-19(26-21-16)18-2-1-8-24-18)22-7-5-15(12-22)13-3-4-17-14(10-13)6-9-25-17/h1-4,8,10-11,15H,5-7,9,12H2/t15-/m1/s1. The Balaban J connectivity index is 1.30. The summed E-state index contributed by atoms with van der Waals surface area (Å²) in [7, 11) is 0. The van der Waals surface area contributed by atoms with E-state index in [0.717, 1.165) is 31.7 Å². The maximum atomic E-state index is 12.7. The summed E-state index contributed by atoms with van der Waals surface area (Å²) in [4.78, 5) is 14.6. The van der Waals surface area contributed by atoms with Gasteiger partial charge in [-0.3, -0.25) is 4.79 Å². The molecule has 26 heavy (non-hydrogen) atoms. The Morgan fingerprint density at radius 1 is 1.19 bits per heavy atom. The summed E-state index contributed by atoms with van der Waals surface area (Å²) in [5.41, 5.74) is 2.87. The van der Waals surface area contributed by atoms with Gasteiger partial charge in [-0.2, -0.15) is 0 Å². The van der Waals surface area contributed by atoms with Crippen LogP contribution in [0.25, 0.3) is 11.5 Å². The molecule has 1 aromatic carbocycles. The average Bonchev–Trinajstić information content (AvgIpc) is 3.47. The first-order valence-corrected chi connectivity index (χ1v) is 8.83. The number of benzene rings is 1. The van der Waals surface area contributed by atoms with Gasteiger partial charge in [0.2, 0.25) is 5.76 Å². The number of hydrogen-bond donors (Lipinski definition) is 0. The molecule has 5 rings (SSSR count). The van der Waals surface area contributed by atoms with E-state index in [9.17, 15) is 4.79 Å². The molecule has 0 N–H and O–H groups in total. The molecule has 2 aromatic heterocycles. The smallest absolute Gasteiger partial charge is 0.276 e. The minimum Gasteiger partial charge on any atom is -0.493 e. The van der Waals surface area contributed by atoms with Crippen LogP contribution in [0.1, 0.15) is 34.0 Å². The number of ether oxygens (including phenoxy) is 1. The number of rotatable bonds is 3. The molecule has 0 aliphatic carbocycles. The van der Waals surface area contributed by atoms with Crippen LogP contribution in [0, 0.1) is 0 Å². The Morgan fingerprint density at radius 2 is 2.15 bits per heavy atom. The van der Waals surface area contributed by atoms with E-state index < -0.39 is 0 Å². The lowest BCUT2D eigenvalue weighted by Crippen LogP contribution is -2.28. The van der Waals surface area contributed by atoms with Gasteiger partial charge in [-0.25, -0.2) is 0 Å². The van der Waals surface area contributed by atoms with Crippen molar-refractivity contribution in [2.24, 2.45) is 0 Å². The minimum atomic E-state index is -0.0986. The molecular weight excluding hydrogens is 332 g/mol. The highest BCUT2D eigenvalue weighted by atomic mass is 16.5. The van der Waals surface area contributed by atoms with Crippen LogP contribution < -0.4 is 4.74 Å². The first kappa shape index (κ1) is 15.3. The summed E-state index contributed by atoms with van der Waals surface area (Å²) < 4.78 is 16.1. The highest BCUT2D eigenvalue weighted by molar-refractivity contribution is 5.93. The summed E-state index contributed by atoms with van der Waals surface area (Å²) in [5.74, 6) is 2.27. The maximum Gasteiger partial charge on any atom is 0.276 e. The van der Waals surface area contributed by atoms with E-state index >= 15 is 0 Å². The van der Waals surface area contributed by atoms with Crippen molar-refractivity contribution in [3.63, 3.8) is 0 Å². The average molecular weight is 350 g/mol. The highest BCUT2D eigenvalue weighted by Gasteiger charge is 2.30. The lowest BCUT2D eigenvalue weighted by molar-refractivity contribution is 0.0780. The first-order chi connectivity index (χ1) is 12.8. The second-order valence-electron chi connectivity index (χ2n) is 6.76. The molecule has 6 nitrogen and oxygen atoms in total. The number of fused-ring (bicyclic) bond motifs is 1. The van der Waals surface area contributed by atoms with Crippen molar-refractivity contribution < 1.29 is 18.5 Å². The summed E-state index contributed by atoms with van der Waals surface area (Å²) in [6.45, 7) is 2.18. The fraction of sp³-hybridized carbons (Fsp3) is 0.300. The summed E-state index contributed by atoms with van der Waals surface area (Å²) in [6.07, 6.45) is 3.48. The predicted molar refractivity (Wildman–Crippen MR) is 93.1 cm³/mol. The van der Waals surface area contributed by atoms with Crippen LogP contribution in [-0.4, -0.2) is 35.7 Å². The van der Waals surface area contributed by atoms with E-state index in [-0.39, 0.29) is 5.91 Å². The Bertz CT molecular complexity index is 945. The molecule has 0 bridgehead atoms. The van der Waals surface area contributed by atoms with E-state index in [1.165, 1.54) is 11.1 Å². The van der Waals surface area contributed by atoms with Crippen LogP contribution >= 0.6 is 0 Å². The number of aromatic nitrogens is 1. The highest BCUT2D eigenvalue weighted by Crippen LogP contribution is 2.33. The number of hydrogen-bond acceptors (Lipinski definition) is 5. The van der Waals surface area contributed by atoms with Gasteiger partial charge in [-0.05, 0) is 35.7 Å². The third-order valence-corrected chi connectivity index (χ3v) is 5.15. The quantitative estimate of drug-likeness (QED) is 0.723. The molecule has 0 saturated carbocycles. The summed E-state index contributed by atoms with van der Waals surface area (Å²) in [6, 6.07) is 11.6. The molecule has 0 spiro atoms. The Morgan fingerprint density at radius 3 is 3.04 bits per heavy atom. The number of amides is 1. The van der Waals surface area contributed by atoms with Gasteiger partial charge >= 0.3 is 0 Å². The van der Waals surface area contributed by atoms with Gasteiger partial charge in [0.25, 0.3) is 5.91 Å². The van der Waals surface area contributed by atoms with Gasteiger partial charge in [-0.1, -0.05) is 17.3 Å². The van der Waals surface area contributed by atoms with Crippen molar-refractivity contribution in [1.29, 1.82) is 0 Å². The summed E-state index contributed by atoms with van der Waals surface area (Å²) in [5, 5.41) is 3.92. The molecule has 2 aliphatic rings. The largest absolute Gasteiger partial charge is 0.493 e. The monoisotopic (exact) mass is 350 g/mol. The van der Waals surface area contributed by atoms with E-state index in [4.69, 9.17) is 13.7 Å². The molecule has 4 heterocycles. The molecule has 1 fully saturated rings. The fourth-order valence-corrected chi connectivity index (χ4v) is 3.75. The molecule has 1 saturated heterocycles. The van der Waals surface area contributed by atoms with Gasteiger partial charge in [0, 0.05) is 31.5 Å². The maximum absolute atomic E-state index is 12.7. The van der Waals surface area contributed by atoms with E-state index in [1.54, 1.807) is 24.5 Å². The van der Waals surface area contributed by atoms with Crippen molar-refractivity contribution in [3.8, 4) is 17.3 Å². The van der Waals surface area contributed by atoms with Gasteiger partial charge in [0.05, 0.1) is 12.9 Å². The van der Waals surface area contributed by atoms with E-state index in [1.807, 2.05) is 4.90 Å². The molecule has 6 heteroatoms. The minimum absolute atomic E-state index is 0.0986. The number of carbonyl (C=O) groups is 1. The lowest BCUT2D eigenvalue weighted by atomic mass is 9.96. The fourth-order valence-electron chi connectivity index (χ4n) is 3.75. The predicted octanol–water partition coefficient (Wildman–Crippen LogP) is 3.50. The molecule has 0 radical (unpaired) electrons. The Kier molecular flexibility index (Phi) is 3.55. The topological polar surface area (TPSA) is 68.7 Å². The van der Waals surface area contributed by atoms with Crippen molar-refractivity contribution >= 4 is 5.91 Å². The summed E-state index contributed by atoms with van der Waals surface area (Å²) >= 11 is 0. The van der Waals surface area contributed by atoms with E-state index in [2.05, 4.69) is 23.4 Å². The van der Waals surface area contributed by atoms with Crippen molar-refractivity contribution in [1.82, 2.24) is 10.1 Å². The Hall–Kier alpha value is -3.02. The lowest BCUT2D eigenvalue weighted by Gasteiger charge is -2.15. The number of carbonyl (C=O) groups excluding carboxylic acids is 1. The zero-order chi connectivity index (χ0) is 17.5. The van der Waals surface area contributed by atoms with Crippen LogP contribution in [0.3, 0.4) is 0 Å². The molecule has 1 amide bonds. The first-order valence-electron chi connectivity index (χ1n) is 8.83. The second-order valence-corrected chi connectivity index (χ2v) is 6.76. The molecule has 2 aliphatic heterocycles. The molecule has 3 aromatic rings. The molecule has 132 valence electrons. The zero-order valence-electron chi connectivity index (χ0n) is 14.2. The van der Waals surface area contributed by atoms with Crippen LogP contribution in [0.2, 0.25) is 0 Å². The van der Waals surface area contributed by atoms with Gasteiger partial charge < -0.3 is 18.6 Å². The third-order valence-electron chi connectivity index (χ3n) is 5.15. The molecule has 1 atom stereocenters. The van der Waals surface area contributed by atoms with Gasteiger partial charge in [-0.15, -0.1) is 0 Å². The molecular formula is C20H18N2O4. The van der Waals surface area contributed by atoms with Gasteiger partial charge in [0.15, 0.2) is 11.5 Å². The molecule has 0 unspecified atom stereocenters. The van der Waals surface area contributed by atoms with Crippen LogP contribution in [0.15, 0.2) is 51.6 Å². The van der Waals surface area contributed by atoms with Crippen LogP contribution in [0.5, 0.6) is 5.75 Å². The van der Waals surface area contributed by atoms with Crippen molar-refractivity contribution in [2.45, 2.75) is 18.8 Å². The number of nitrogens with zero attached hydrogens (tertiary/aromatic N) is 2. The second kappa shape index (κ2) is 6.05. The van der Waals surface area contributed by atoms with Crippen LogP contribution in [-0.2, 0) is 6.42 Å². The van der Waals surface area contributed by atoms with E-state index in [0.29, 0.717) is 29.7 Å².